The Morgan fingerprint density at radius 1 is 1.22 bits per heavy atom. The van der Waals surface area contributed by atoms with Gasteiger partial charge in [0.15, 0.2) is 6.10 Å². The first-order chi connectivity index (χ1) is 15.2. The third-order valence-corrected chi connectivity index (χ3v) is 5.29. The third kappa shape index (κ3) is 4.46. The van der Waals surface area contributed by atoms with Gasteiger partial charge < -0.3 is 25.8 Å². The number of nitrogens with one attached hydrogen (secondary N) is 1. The number of rotatable bonds is 5. The smallest absolute Gasteiger partial charge is 0.388 e. The van der Waals surface area contributed by atoms with Gasteiger partial charge >= 0.3 is 6.18 Å². The number of benzene rings is 2. The Morgan fingerprint density at radius 2 is 1.97 bits per heavy atom. The lowest BCUT2D eigenvalue weighted by atomic mass is 10.1. The van der Waals surface area contributed by atoms with Crippen molar-refractivity contribution in [3.8, 4) is 0 Å². The number of amides is 1. The summed E-state index contributed by atoms with van der Waals surface area (Å²) in [5.41, 5.74) is 6.08. The van der Waals surface area contributed by atoms with E-state index in [0.717, 1.165) is 22.9 Å². The molecule has 2 heterocycles. The van der Waals surface area contributed by atoms with Crippen molar-refractivity contribution < 1.29 is 27.8 Å². The van der Waals surface area contributed by atoms with Crippen LogP contribution >= 0.6 is 0 Å². The Morgan fingerprint density at radius 3 is 2.69 bits per heavy atom. The number of nitrogens with two attached hydrogens (primary N) is 1. The number of anilines is 3. The Balaban J connectivity index is 1.42. The average molecular weight is 446 g/mol. The standard InChI is InChI=1S/C22H21F3N4O3/c23-22(24,25)14-1-4-16(5-2-14)29-9-10-32-19(21(29)31)18(30)12-28-15-3-6-17-13(11-15)7-8-27-20(17)26/h1-8,11,18-19,28,30H,9-10,12H2,(H2,26,27)/t18-,19+/m0/s1. The summed E-state index contributed by atoms with van der Waals surface area (Å²) in [6.07, 6.45) is -5.17. The number of hydrogen-bond acceptors (Lipinski definition) is 6. The van der Waals surface area contributed by atoms with E-state index in [9.17, 15) is 23.1 Å². The molecule has 0 spiro atoms. The summed E-state index contributed by atoms with van der Waals surface area (Å²) in [5, 5.41) is 15.3. The molecule has 0 radical (unpaired) electrons. The summed E-state index contributed by atoms with van der Waals surface area (Å²) in [4.78, 5) is 18.2. The Bertz CT molecular complexity index is 1120. The van der Waals surface area contributed by atoms with E-state index in [2.05, 4.69) is 10.3 Å². The van der Waals surface area contributed by atoms with Gasteiger partial charge in [-0.1, -0.05) is 0 Å². The van der Waals surface area contributed by atoms with E-state index in [4.69, 9.17) is 10.5 Å². The molecule has 32 heavy (non-hydrogen) atoms. The van der Waals surface area contributed by atoms with Gasteiger partial charge in [0, 0.05) is 36.0 Å². The molecule has 10 heteroatoms. The molecule has 1 saturated heterocycles. The van der Waals surface area contributed by atoms with E-state index in [1.165, 1.54) is 17.0 Å². The SMILES string of the molecule is Nc1nccc2cc(NC[C@H](O)[C@H]3OCCN(c4ccc(C(F)(F)F)cc4)C3=O)ccc12. The second-order valence-corrected chi connectivity index (χ2v) is 7.41. The molecule has 0 bridgehead atoms. The van der Waals surface area contributed by atoms with Crippen LogP contribution in [0.25, 0.3) is 10.8 Å². The quantitative estimate of drug-likeness (QED) is 0.557. The van der Waals surface area contributed by atoms with E-state index in [1.807, 2.05) is 12.1 Å². The number of hydrogen-bond donors (Lipinski definition) is 3. The summed E-state index contributed by atoms with van der Waals surface area (Å²) in [5.74, 6) is -0.0960. The first kappa shape index (κ1) is 21.8. The van der Waals surface area contributed by atoms with E-state index < -0.39 is 29.9 Å². The molecule has 1 aliphatic heterocycles. The normalized spacial score (nSPS) is 18.1. The molecule has 1 fully saturated rings. The number of fused-ring (bicyclic) bond motifs is 1. The lowest BCUT2D eigenvalue weighted by Crippen LogP contribution is -2.54. The largest absolute Gasteiger partial charge is 0.416 e. The van der Waals surface area contributed by atoms with Gasteiger partial charge in [0.1, 0.15) is 11.9 Å². The highest BCUT2D eigenvalue weighted by molar-refractivity contribution is 5.97. The van der Waals surface area contributed by atoms with Crippen molar-refractivity contribution in [2.45, 2.75) is 18.4 Å². The molecule has 2 atom stereocenters. The van der Waals surface area contributed by atoms with E-state index >= 15 is 0 Å². The Labute approximate surface area is 181 Å². The zero-order valence-electron chi connectivity index (χ0n) is 16.8. The number of carbonyl (C=O) groups excluding carboxylic acids is 1. The van der Waals surface area contributed by atoms with Crippen molar-refractivity contribution >= 4 is 33.9 Å². The van der Waals surface area contributed by atoms with Crippen LogP contribution in [0.3, 0.4) is 0 Å². The number of morpholine rings is 1. The highest BCUT2D eigenvalue weighted by Crippen LogP contribution is 2.31. The fourth-order valence-corrected chi connectivity index (χ4v) is 3.61. The Kier molecular flexibility index (Phi) is 5.90. The number of nitrogens with zero attached hydrogens (tertiary/aromatic N) is 2. The third-order valence-electron chi connectivity index (χ3n) is 5.29. The molecular formula is C22H21F3N4O3. The van der Waals surface area contributed by atoms with Crippen LogP contribution < -0.4 is 16.0 Å². The van der Waals surface area contributed by atoms with Crippen LogP contribution in [0.15, 0.2) is 54.7 Å². The number of nitrogen functional groups attached to an aromatic ring is 1. The highest BCUT2D eigenvalue weighted by atomic mass is 19.4. The maximum atomic E-state index is 12.8. The van der Waals surface area contributed by atoms with Gasteiger partial charge in [-0.2, -0.15) is 13.2 Å². The number of alkyl halides is 3. The van der Waals surface area contributed by atoms with Crippen LogP contribution in [0.1, 0.15) is 5.56 Å². The van der Waals surface area contributed by atoms with Crippen LogP contribution in [0.5, 0.6) is 0 Å². The van der Waals surface area contributed by atoms with Crippen molar-refractivity contribution in [2.75, 3.05) is 35.6 Å². The first-order valence-corrected chi connectivity index (χ1v) is 9.90. The minimum atomic E-state index is -4.46. The molecule has 1 aliphatic rings. The molecule has 1 amide bonds. The Hall–Kier alpha value is -3.37. The fourth-order valence-electron chi connectivity index (χ4n) is 3.61. The minimum absolute atomic E-state index is 0.0311. The van der Waals surface area contributed by atoms with Gasteiger partial charge in [-0.3, -0.25) is 4.79 Å². The molecule has 1 aromatic heterocycles. The number of aromatic nitrogens is 1. The molecule has 7 nitrogen and oxygen atoms in total. The van der Waals surface area contributed by atoms with Crippen molar-refractivity contribution in [2.24, 2.45) is 0 Å². The van der Waals surface area contributed by atoms with Gasteiger partial charge in [-0.05, 0) is 53.9 Å². The lowest BCUT2D eigenvalue weighted by Gasteiger charge is -2.34. The highest BCUT2D eigenvalue weighted by Gasteiger charge is 2.36. The number of halogens is 3. The van der Waals surface area contributed by atoms with Crippen LogP contribution in [0.4, 0.5) is 30.4 Å². The summed E-state index contributed by atoms with van der Waals surface area (Å²) in [6.45, 7) is 0.362. The van der Waals surface area contributed by atoms with E-state index in [1.54, 1.807) is 18.3 Å². The van der Waals surface area contributed by atoms with Crippen LogP contribution in [-0.2, 0) is 15.7 Å². The van der Waals surface area contributed by atoms with Gasteiger partial charge in [0.05, 0.1) is 12.2 Å². The number of ether oxygens (including phenoxy) is 1. The minimum Gasteiger partial charge on any atom is -0.388 e. The van der Waals surface area contributed by atoms with Crippen molar-refractivity contribution in [1.82, 2.24) is 4.98 Å². The summed E-state index contributed by atoms with van der Waals surface area (Å²) in [7, 11) is 0. The summed E-state index contributed by atoms with van der Waals surface area (Å²) in [6, 6.07) is 11.6. The zero-order valence-corrected chi connectivity index (χ0v) is 16.8. The predicted molar refractivity (Wildman–Crippen MR) is 114 cm³/mol. The zero-order chi connectivity index (χ0) is 22.9. The van der Waals surface area contributed by atoms with Crippen molar-refractivity contribution in [3.05, 3.63) is 60.3 Å². The average Bonchev–Trinajstić information content (AvgIpc) is 2.77. The van der Waals surface area contributed by atoms with Crippen LogP contribution in [-0.4, -0.2) is 47.9 Å². The van der Waals surface area contributed by atoms with Gasteiger partial charge in [-0.15, -0.1) is 0 Å². The maximum Gasteiger partial charge on any atom is 0.416 e. The molecule has 2 aromatic carbocycles. The predicted octanol–water partition coefficient (Wildman–Crippen LogP) is 3.04. The molecular weight excluding hydrogens is 425 g/mol. The van der Waals surface area contributed by atoms with E-state index in [0.29, 0.717) is 17.2 Å². The number of pyridine rings is 1. The molecule has 0 aliphatic carbocycles. The fraction of sp³-hybridized carbons (Fsp3) is 0.273. The second-order valence-electron chi connectivity index (χ2n) is 7.41. The number of aliphatic hydroxyl groups excluding tert-OH is 1. The topological polar surface area (TPSA) is 101 Å². The van der Waals surface area contributed by atoms with E-state index in [-0.39, 0.29) is 19.7 Å². The number of carbonyl (C=O) groups is 1. The maximum absolute atomic E-state index is 12.8. The number of aliphatic hydroxyl groups is 1. The molecule has 0 saturated carbocycles. The molecule has 3 aromatic rings. The first-order valence-electron chi connectivity index (χ1n) is 9.90. The van der Waals surface area contributed by atoms with Crippen LogP contribution in [0.2, 0.25) is 0 Å². The molecule has 4 N–H and O–H groups in total. The van der Waals surface area contributed by atoms with Gasteiger partial charge in [-0.25, -0.2) is 4.98 Å². The van der Waals surface area contributed by atoms with Crippen molar-refractivity contribution in [3.63, 3.8) is 0 Å². The molecule has 4 rings (SSSR count). The second kappa shape index (κ2) is 8.64. The molecule has 168 valence electrons. The van der Waals surface area contributed by atoms with Gasteiger partial charge in [0.2, 0.25) is 0 Å². The molecule has 0 unspecified atom stereocenters. The summed E-state index contributed by atoms with van der Waals surface area (Å²) < 4.78 is 43.8. The monoisotopic (exact) mass is 446 g/mol. The lowest BCUT2D eigenvalue weighted by molar-refractivity contribution is -0.141. The van der Waals surface area contributed by atoms with Crippen molar-refractivity contribution in [1.29, 1.82) is 0 Å². The van der Waals surface area contributed by atoms with Crippen LogP contribution in [0, 0.1) is 0 Å². The van der Waals surface area contributed by atoms with Gasteiger partial charge in [0.25, 0.3) is 5.91 Å². The summed E-state index contributed by atoms with van der Waals surface area (Å²) >= 11 is 0.